The molecule has 1 atom stereocenters. The molecule has 116 valence electrons. The molecule has 1 unspecified atom stereocenters. The Morgan fingerprint density at radius 1 is 1.33 bits per heavy atom. The monoisotopic (exact) mass is 295 g/mol. The number of ether oxygens (including phenoxy) is 1. The van der Waals surface area contributed by atoms with Gasteiger partial charge in [0.15, 0.2) is 0 Å². The summed E-state index contributed by atoms with van der Waals surface area (Å²) in [6.07, 6.45) is 1.39. The quantitative estimate of drug-likeness (QED) is 0.682. The number of rotatable bonds is 8. The first kappa shape index (κ1) is 16.8. The van der Waals surface area contributed by atoms with E-state index in [1.54, 1.807) is 6.07 Å². The van der Waals surface area contributed by atoms with Crippen LogP contribution in [0.1, 0.15) is 36.5 Å². The van der Waals surface area contributed by atoms with Crippen molar-refractivity contribution in [3.05, 3.63) is 23.8 Å². The summed E-state index contributed by atoms with van der Waals surface area (Å²) in [5.41, 5.74) is 0.160. The third kappa shape index (κ3) is 5.72. The lowest BCUT2D eigenvalue weighted by Gasteiger charge is -2.12. The fourth-order valence-electron chi connectivity index (χ4n) is 1.87. The van der Waals surface area contributed by atoms with Crippen molar-refractivity contribution in [2.24, 2.45) is 5.92 Å². The van der Waals surface area contributed by atoms with Gasteiger partial charge in [0.25, 0.3) is 5.91 Å². The third-order valence-corrected chi connectivity index (χ3v) is 3.22. The maximum Gasteiger partial charge on any atom is 0.303 e. The Labute approximate surface area is 123 Å². The average Bonchev–Trinajstić information content (AvgIpc) is 2.45. The van der Waals surface area contributed by atoms with Crippen molar-refractivity contribution in [1.82, 2.24) is 5.32 Å². The number of benzene rings is 1. The van der Waals surface area contributed by atoms with Crippen LogP contribution in [-0.4, -0.2) is 35.7 Å². The lowest BCUT2D eigenvalue weighted by molar-refractivity contribution is -0.137. The average molecular weight is 295 g/mol. The van der Waals surface area contributed by atoms with Crippen LogP contribution in [0, 0.1) is 5.92 Å². The summed E-state index contributed by atoms with van der Waals surface area (Å²) < 4.78 is 5.01. The summed E-state index contributed by atoms with van der Waals surface area (Å²) in [6, 6.07) is 4.45. The number of carbonyl (C=O) groups is 2. The van der Waals surface area contributed by atoms with Crippen LogP contribution in [0.25, 0.3) is 0 Å². The maximum absolute atomic E-state index is 12.0. The van der Waals surface area contributed by atoms with E-state index in [9.17, 15) is 14.7 Å². The second-order valence-corrected chi connectivity index (χ2v) is 4.97. The van der Waals surface area contributed by atoms with Crippen LogP contribution in [0.15, 0.2) is 18.2 Å². The van der Waals surface area contributed by atoms with Crippen LogP contribution < -0.4 is 10.1 Å². The van der Waals surface area contributed by atoms with Crippen molar-refractivity contribution in [2.75, 3.05) is 13.7 Å². The van der Waals surface area contributed by atoms with Crippen LogP contribution in [0.4, 0.5) is 0 Å². The van der Waals surface area contributed by atoms with E-state index in [0.29, 0.717) is 25.1 Å². The normalized spacial score (nSPS) is 11.7. The Bertz CT molecular complexity index is 501. The van der Waals surface area contributed by atoms with Gasteiger partial charge in [-0.25, -0.2) is 0 Å². The highest BCUT2D eigenvalue weighted by molar-refractivity contribution is 5.97. The number of nitrogens with one attached hydrogen (secondary N) is 1. The van der Waals surface area contributed by atoms with Crippen LogP contribution in [0.2, 0.25) is 0 Å². The maximum atomic E-state index is 12.0. The van der Waals surface area contributed by atoms with Gasteiger partial charge in [0, 0.05) is 13.0 Å². The van der Waals surface area contributed by atoms with Crippen molar-refractivity contribution < 1.29 is 24.5 Å². The predicted molar refractivity (Wildman–Crippen MR) is 77.6 cm³/mol. The van der Waals surface area contributed by atoms with Crippen molar-refractivity contribution in [3.8, 4) is 11.5 Å². The number of phenols is 1. The van der Waals surface area contributed by atoms with E-state index in [1.807, 2.05) is 6.92 Å². The Kier molecular flexibility index (Phi) is 6.52. The first-order valence-electron chi connectivity index (χ1n) is 6.81. The van der Waals surface area contributed by atoms with Crippen LogP contribution in [0.3, 0.4) is 0 Å². The molecule has 1 amide bonds. The van der Waals surface area contributed by atoms with Gasteiger partial charge in [0.05, 0.1) is 12.7 Å². The van der Waals surface area contributed by atoms with Crippen molar-refractivity contribution in [1.29, 1.82) is 0 Å². The number of aromatic hydroxyl groups is 1. The Morgan fingerprint density at radius 3 is 2.67 bits per heavy atom. The molecular weight excluding hydrogens is 274 g/mol. The zero-order chi connectivity index (χ0) is 15.8. The molecule has 0 saturated carbocycles. The topological polar surface area (TPSA) is 95.9 Å². The summed E-state index contributed by atoms with van der Waals surface area (Å²) in [6.45, 7) is 2.37. The minimum atomic E-state index is -0.813. The van der Waals surface area contributed by atoms with Gasteiger partial charge in [-0.05, 0) is 37.0 Å². The zero-order valence-electron chi connectivity index (χ0n) is 12.3. The fourth-order valence-corrected chi connectivity index (χ4v) is 1.87. The summed E-state index contributed by atoms with van der Waals surface area (Å²) in [7, 11) is 1.48. The number of methoxy groups -OCH3 is 1. The lowest BCUT2D eigenvalue weighted by atomic mass is 10.0. The van der Waals surface area contributed by atoms with Crippen LogP contribution in [0.5, 0.6) is 11.5 Å². The standard InChI is InChI=1S/C15H21NO5/c1-10(3-6-14(18)19)7-8-16-15(20)12-9-11(21-2)4-5-13(12)17/h4-5,9-10,17H,3,6-8H2,1-2H3,(H,16,20)(H,18,19). The van der Waals surface area contributed by atoms with E-state index in [4.69, 9.17) is 9.84 Å². The van der Waals surface area contributed by atoms with E-state index in [1.165, 1.54) is 19.2 Å². The number of carbonyl (C=O) groups excluding carboxylic acids is 1. The highest BCUT2D eigenvalue weighted by Crippen LogP contribution is 2.22. The Balaban J connectivity index is 2.45. The predicted octanol–water partition coefficient (Wildman–Crippen LogP) is 2.02. The summed E-state index contributed by atoms with van der Waals surface area (Å²) in [5, 5.41) is 21.0. The van der Waals surface area contributed by atoms with Gasteiger partial charge in [-0.2, -0.15) is 0 Å². The van der Waals surface area contributed by atoms with Gasteiger partial charge >= 0.3 is 5.97 Å². The molecular formula is C15H21NO5. The molecule has 21 heavy (non-hydrogen) atoms. The molecule has 0 radical (unpaired) electrons. The number of phenolic OH excluding ortho intramolecular Hbond substituents is 1. The van der Waals surface area contributed by atoms with Gasteiger partial charge in [-0.3, -0.25) is 9.59 Å². The van der Waals surface area contributed by atoms with Gasteiger partial charge in [-0.15, -0.1) is 0 Å². The molecule has 6 heteroatoms. The molecule has 6 nitrogen and oxygen atoms in total. The molecule has 1 rings (SSSR count). The van der Waals surface area contributed by atoms with Gasteiger partial charge in [0.2, 0.25) is 0 Å². The number of hydrogen-bond acceptors (Lipinski definition) is 4. The van der Waals surface area contributed by atoms with Crippen molar-refractivity contribution >= 4 is 11.9 Å². The molecule has 0 aliphatic heterocycles. The third-order valence-electron chi connectivity index (χ3n) is 3.22. The molecule has 1 aromatic carbocycles. The molecule has 0 bridgehead atoms. The molecule has 0 aromatic heterocycles. The number of carboxylic acids is 1. The molecule has 1 aromatic rings. The van der Waals surface area contributed by atoms with Gasteiger partial charge < -0.3 is 20.3 Å². The molecule has 0 saturated heterocycles. The highest BCUT2D eigenvalue weighted by atomic mass is 16.5. The summed E-state index contributed by atoms with van der Waals surface area (Å²) in [4.78, 5) is 22.4. The Morgan fingerprint density at radius 2 is 2.05 bits per heavy atom. The fraction of sp³-hybridized carbons (Fsp3) is 0.467. The lowest BCUT2D eigenvalue weighted by Crippen LogP contribution is -2.25. The van der Waals surface area contributed by atoms with Crippen LogP contribution >= 0.6 is 0 Å². The molecule has 0 fully saturated rings. The second-order valence-electron chi connectivity index (χ2n) is 4.97. The number of aliphatic carboxylic acids is 1. The van der Waals surface area contributed by atoms with Gasteiger partial charge in [-0.1, -0.05) is 6.92 Å². The second kappa shape index (κ2) is 8.14. The molecule has 0 aliphatic rings. The highest BCUT2D eigenvalue weighted by Gasteiger charge is 2.13. The smallest absolute Gasteiger partial charge is 0.303 e. The summed E-state index contributed by atoms with van der Waals surface area (Å²) >= 11 is 0. The summed E-state index contributed by atoms with van der Waals surface area (Å²) in [5.74, 6) is -0.593. The van der Waals surface area contributed by atoms with E-state index in [-0.39, 0.29) is 29.6 Å². The van der Waals surface area contributed by atoms with E-state index >= 15 is 0 Å². The van der Waals surface area contributed by atoms with Crippen molar-refractivity contribution in [2.45, 2.75) is 26.2 Å². The molecule has 0 heterocycles. The number of hydrogen-bond donors (Lipinski definition) is 3. The number of carboxylic acid groups (broad SMARTS) is 1. The molecule has 3 N–H and O–H groups in total. The first-order chi connectivity index (χ1) is 9.93. The molecule has 0 aliphatic carbocycles. The van der Waals surface area contributed by atoms with Crippen LogP contribution in [-0.2, 0) is 4.79 Å². The zero-order valence-corrected chi connectivity index (χ0v) is 12.3. The van der Waals surface area contributed by atoms with Crippen molar-refractivity contribution in [3.63, 3.8) is 0 Å². The minimum absolute atomic E-state index is 0.104. The first-order valence-corrected chi connectivity index (χ1v) is 6.81. The SMILES string of the molecule is COc1ccc(O)c(C(=O)NCCC(C)CCC(=O)O)c1. The van der Waals surface area contributed by atoms with E-state index < -0.39 is 5.97 Å². The molecule has 0 spiro atoms. The number of amides is 1. The Hall–Kier alpha value is -2.24. The van der Waals surface area contributed by atoms with E-state index in [2.05, 4.69) is 5.32 Å². The van der Waals surface area contributed by atoms with E-state index in [0.717, 1.165) is 0 Å². The minimum Gasteiger partial charge on any atom is -0.507 e. The largest absolute Gasteiger partial charge is 0.507 e. The van der Waals surface area contributed by atoms with Gasteiger partial charge in [0.1, 0.15) is 11.5 Å².